The molecule has 0 aliphatic heterocycles. The maximum Gasteiger partial charge on any atom is 0.320 e. The van der Waals surface area contributed by atoms with Gasteiger partial charge in [-0.15, -0.1) is 0 Å². The number of H-pyrrole nitrogens is 1. The zero-order chi connectivity index (χ0) is 12.4. The first-order valence-electron chi connectivity index (χ1n) is 5.69. The molecule has 2 rings (SSSR count). The summed E-state index contributed by atoms with van der Waals surface area (Å²) in [4.78, 5) is 13.9. The average molecular weight is 232 g/mol. The highest BCUT2D eigenvalue weighted by atomic mass is 16.4. The molecular formula is C13H16N2O2. The van der Waals surface area contributed by atoms with Crippen molar-refractivity contribution in [3.05, 3.63) is 35.5 Å². The lowest BCUT2D eigenvalue weighted by Gasteiger charge is -2.05. The van der Waals surface area contributed by atoms with Gasteiger partial charge in [-0.05, 0) is 29.7 Å². The average Bonchev–Trinajstić information content (AvgIpc) is 2.71. The van der Waals surface area contributed by atoms with Crippen molar-refractivity contribution in [1.82, 2.24) is 4.98 Å². The van der Waals surface area contributed by atoms with Gasteiger partial charge in [0.25, 0.3) is 0 Å². The van der Waals surface area contributed by atoms with Crippen LogP contribution in [0.15, 0.2) is 24.4 Å². The Labute approximate surface area is 99.4 Å². The highest BCUT2D eigenvalue weighted by Crippen LogP contribution is 2.21. The summed E-state index contributed by atoms with van der Waals surface area (Å²) in [5, 5.41) is 9.89. The highest BCUT2D eigenvalue weighted by Gasteiger charge is 2.14. The fourth-order valence-corrected chi connectivity index (χ4v) is 1.94. The SMILES string of the molecule is CCc1ccc2[nH]cc(C[C@H](N)C(=O)O)c2c1. The number of nitrogens with one attached hydrogen (secondary N) is 1. The number of rotatable bonds is 4. The Balaban J connectivity index is 2.37. The summed E-state index contributed by atoms with van der Waals surface area (Å²) in [7, 11) is 0. The van der Waals surface area contributed by atoms with Crippen molar-refractivity contribution in [3.63, 3.8) is 0 Å². The van der Waals surface area contributed by atoms with Crippen molar-refractivity contribution in [2.75, 3.05) is 0 Å². The third kappa shape index (κ3) is 2.31. The van der Waals surface area contributed by atoms with E-state index in [1.807, 2.05) is 12.3 Å². The number of carboxylic acids is 1. The van der Waals surface area contributed by atoms with Gasteiger partial charge in [0.15, 0.2) is 0 Å². The van der Waals surface area contributed by atoms with Crippen LogP contribution in [-0.4, -0.2) is 22.1 Å². The van der Waals surface area contributed by atoms with Crippen LogP contribution < -0.4 is 5.73 Å². The first-order valence-corrected chi connectivity index (χ1v) is 5.69. The van der Waals surface area contributed by atoms with Gasteiger partial charge in [0, 0.05) is 23.5 Å². The van der Waals surface area contributed by atoms with Crippen LogP contribution >= 0.6 is 0 Å². The van der Waals surface area contributed by atoms with Crippen LogP contribution in [0, 0.1) is 0 Å². The van der Waals surface area contributed by atoms with E-state index in [-0.39, 0.29) is 0 Å². The summed E-state index contributed by atoms with van der Waals surface area (Å²) in [5.74, 6) is -0.967. The molecule has 2 aromatic rings. The molecule has 90 valence electrons. The Hall–Kier alpha value is -1.81. The molecule has 4 nitrogen and oxygen atoms in total. The van der Waals surface area contributed by atoms with Crippen LogP contribution in [0.4, 0.5) is 0 Å². The molecule has 0 saturated carbocycles. The Morgan fingerprint density at radius 2 is 2.29 bits per heavy atom. The molecule has 0 saturated heterocycles. The maximum absolute atomic E-state index is 10.7. The minimum absolute atomic E-state index is 0.350. The van der Waals surface area contributed by atoms with Crippen LogP contribution in [0.2, 0.25) is 0 Å². The molecule has 1 aromatic carbocycles. The number of fused-ring (bicyclic) bond motifs is 1. The molecular weight excluding hydrogens is 216 g/mol. The van der Waals surface area contributed by atoms with E-state index in [1.165, 1.54) is 5.56 Å². The Morgan fingerprint density at radius 3 is 2.94 bits per heavy atom. The first-order chi connectivity index (χ1) is 8.11. The number of aromatic amines is 1. The van der Waals surface area contributed by atoms with Crippen molar-refractivity contribution < 1.29 is 9.90 Å². The Bertz CT molecular complexity index is 545. The van der Waals surface area contributed by atoms with E-state index in [0.29, 0.717) is 6.42 Å². The van der Waals surface area contributed by atoms with Gasteiger partial charge in [0.2, 0.25) is 0 Å². The topological polar surface area (TPSA) is 79.1 Å². The fourth-order valence-electron chi connectivity index (χ4n) is 1.94. The molecule has 1 atom stereocenters. The molecule has 0 unspecified atom stereocenters. The molecule has 0 aliphatic rings. The lowest BCUT2D eigenvalue weighted by Crippen LogP contribution is -2.32. The zero-order valence-electron chi connectivity index (χ0n) is 9.73. The van der Waals surface area contributed by atoms with E-state index in [2.05, 4.69) is 24.0 Å². The summed E-state index contributed by atoms with van der Waals surface area (Å²) in [5.41, 5.74) is 8.78. The second-order valence-corrected chi connectivity index (χ2v) is 4.20. The summed E-state index contributed by atoms with van der Waals surface area (Å²) in [6.07, 6.45) is 3.15. The van der Waals surface area contributed by atoms with Crippen molar-refractivity contribution >= 4 is 16.9 Å². The van der Waals surface area contributed by atoms with E-state index in [9.17, 15) is 4.79 Å². The van der Waals surface area contributed by atoms with E-state index in [4.69, 9.17) is 10.8 Å². The van der Waals surface area contributed by atoms with Crippen molar-refractivity contribution in [2.45, 2.75) is 25.8 Å². The molecule has 0 bridgehead atoms. The third-order valence-corrected chi connectivity index (χ3v) is 3.00. The van der Waals surface area contributed by atoms with Crippen LogP contribution in [-0.2, 0) is 17.6 Å². The monoisotopic (exact) mass is 232 g/mol. The van der Waals surface area contributed by atoms with E-state index in [0.717, 1.165) is 22.9 Å². The molecule has 1 aromatic heterocycles. The number of nitrogens with two attached hydrogens (primary N) is 1. The Morgan fingerprint density at radius 1 is 1.53 bits per heavy atom. The number of hydrogen-bond acceptors (Lipinski definition) is 2. The summed E-state index contributed by atoms with van der Waals surface area (Å²) < 4.78 is 0. The van der Waals surface area contributed by atoms with Crippen molar-refractivity contribution in [2.24, 2.45) is 5.73 Å². The number of hydrogen-bond donors (Lipinski definition) is 3. The lowest BCUT2D eigenvalue weighted by atomic mass is 10.0. The summed E-state index contributed by atoms with van der Waals surface area (Å²) >= 11 is 0. The molecule has 0 spiro atoms. The van der Waals surface area contributed by atoms with Gasteiger partial charge in [-0.25, -0.2) is 0 Å². The minimum atomic E-state index is -0.967. The lowest BCUT2D eigenvalue weighted by molar-refractivity contribution is -0.138. The minimum Gasteiger partial charge on any atom is -0.480 e. The van der Waals surface area contributed by atoms with Gasteiger partial charge in [0.05, 0.1) is 0 Å². The van der Waals surface area contributed by atoms with Crippen LogP contribution in [0.5, 0.6) is 0 Å². The molecule has 0 radical (unpaired) electrons. The van der Waals surface area contributed by atoms with E-state index < -0.39 is 12.0 Å². The van der Waals surface area contributed by atoms with Crippen LogP contribution in [0.3, 0.4) is 0 Å². The molecule has 1 heterocycles. The number of carbonyl (C=O) groups is 1. The summed E-state index contributed by atoms with van der Waals surface area (Å²) in [6, 6.07) is 5.33. The van der Waals surface area contributed by atoms with Gasteiger partial charge in [0.1, 0.15) is 6.04 Å². The third-order valence-electron chi connectivity index (χ3n) is 3.00. The number of aliphatic carboxylic acids is 1. The second-order valence-electron chi connectivity index (χ2n) is 4.20. The molecule has 0 amide bonds. The normalized spacial score (nSPS) is 12.8. The van der Waals surface area contributed by atoms with Gasteiger partial charge < -0.3 is 15.8 Å². The quantitative estimate of drug-likeness (QED) is 0.750. The van der Waals surface area contributed by atoms with Gasteiger partial charge in [-0.2, -0.15) is 0 Å². The van der Waals surface area contributed by atoms with E-state index in [1.54, 1.807) is 0 Å². The van der Waals surface area contributed by atoms with Gasteiger partial charge in [-0.3, -0.25) is 4.79 Å². The number of benzene rings is 1. The molecule has 17 heavy (non-hydrogen) atoms. The molecule has 0 fully saturated rings. The highest BCUT2D eigenvalue weighted by molar-refractivity contribution is 5.85. The molecule has 0 aliphatic carbocycles. The van der Waals surface area contributed by atoms with E-state index >= 15 is 0 Å². The zero-order valence-corrected chi connectivity index (χ0v) is 9.73. The second kappa shape index (κ2) is 4.59. The summed E-state index contributed by atoms with van der Waals surface area (Å²) in [6.45, 7) is 2.09. The number of aryl methyl sites for hydroxylation is 1. The predicted octanol–water partition coefficient (Wildman–Crippen LogP) is 1.68. The first kappa shape index (κ1) is 11.7. The van der Waals surface area contributed by atoms with Gasteiger partial charge in [-0.1, -0.05) is 13.0 Å². The predicted molar refractivity (Wildman–Crippen MR) is 67.0 cm³/mol. The number of carboxylic acid groups (broad SMARTS) is 1. The van der Waals surface area contributed by atoms with Crippen molar-refractivity contribution in [3.8, 4) is 0 Å². The standard InChI is InChI=1S/C13H16N2O2/c1-2-8-3-4-12-10(5-8)9(7-15-12)6-11(14)13(16)17/h3-5,7,11,15H,2,6,14H2,1H3,(H,16,17)/t11-/m0/s1. The van der Waals surface area contributed by atoms with Crippen LogP contribution in [0.25, 0.3) is 10.9 Å². The van der Waals surface area contributed by atoms with Crippen molar-refractivity contribution in [1.29, 1.82) is 0 Å². The van der Waals surface area contributed by atoms with Gasteiger partial charge >= 0.3 is 5.97 Å². The smallest absolute Gasteiger partial charge is 0.320 e. The maximum atomic E-state index is 10.7. The van der Waals surface area contributed by atoms with Crippen LogP contribution in [0.1, 0.15) is 18.1 Å². The molecule has 4 heteroatoms. The molecule has 4 N–H and O–H groups in total. The largest absolute Gasteiger partial charge is 0.480 e. The Kier molecular flexibility index (Phi) is 3.15. The fraction of sp³-hybridized carbons (Fsp3) is 0.308. The number of aromatic nitrogens is 1.